The van der Waals surface area contributed by atoms with Crippen LogP contribution in [0.3, 0.4) is 0 Å². The molecule has 1 spiro atoms. The van der Waals surface area contributed by atoms with Gasteiger partial charge in [0.15, 0.2) is 11.6 Å². The number of nitrogens with zero attached hydrogens (tertiary/aromatic N) is 4. The summed E-state index contributed by atoms with van der Waals surface area (Å²) >= 11 is 3.81. The number of rotatable bonds is 3. The minimum Gasteiger partial charge on any atom is -0.278 e. The van der Waals surface area contributed by atoms with Crippen molar-refractivity contribution in [1.82, 2.24) is 15.0 Å². The summed E-state index contributed by atoms with van der Waals surface area (Å²) in [5.41, 5.74) is 10.9. The number of hydrogen-bond donors (Lipinski definition) is 0. The Hall–Kier alpha value is -5.39. The van der Waals surface area contributed by atoms with Crippen LogP contribution in [0.15, 0.2) is 156 Å². The smallest absolute Gasteiger partial charge is 0.238 e. The molecule has 1 aliphatic carbocycles. The first kappa shape index (κ1) is 26.1. The Kier molecular flexibility index (Phi) is 5.83. The summed E-state index contributed by atoms with van der Waals surface area (Å²) in [5.74, 6) is 1.85. The lowest BCUT2D eigenvalue weighted by Crippen LogP contribution is -2.36. The lowest BCUT2D eigenvalue weighted by Gasteiger charge is -2.44. The Balaban J connectivity index is 1.37. The van der Waals surface area contributed by atoms with Gasteiger partial charge in [-0.1, -0.05) is 143 Å². The van der Waals surface area contributed by atoms with Gasteiger partial charge < -0.3 is 0 Å². The SMILES string of the molecule is Brc1ccc2c(c1)C1(c3ccccc3-2)c2ccccc2N(c2nc(-c3ccccc3)nc(-c3ccccc3)n2)c2ccccc21. The number of benzene rings is 6. The van der Waals surface area contributed by atoms with E-state index in [-0.39, 0.29) is 0 Å². The number of anilines is 3. The highest BCUT2D eigenvalue weighted by atomic mass is 79.9. The number of hydrogen-bond acceptors (Lipinski definition) is 4. The van der Waals surface area contributed by atoms with E-state index < -0.39 is 5.41 Å². The van der Waals surface area contributed by atoms with Crippen molar-refractivity contribution in [3.8, 4) is 33.9 Å². The third-order valence-electron chi connectivity index (χ3n) is 8.99. The van der Waals surface area contributed by atoms with Crippen LogP contribution < -0.4 is 4.90 Å². The molecule has 4 nitrogen and oxygen atoms in total. The highest BCUT2D eigenvalue weighted by Gasteiger charge is 2.52. The Morgan fingerprint density at radius 2 is 0.933 bits per heavy atom. The fraction of sp³-hybridized carbons (Fsp3) is 0.0250. The summed E-state index contributed by atoms with van der Waals surface area (Å²) in [4.78, 5) is 17.5. The monoisotopic (exact) mass is 640 g/mol. The Bertz CT molecular complexity index is 2140. The van der Waals surface area contributed by atoms with Crippen molar-refractivity contribution in [3.63, 3.8) is 0 Å². The van der Waals surface area contributed by atoms with E-state index in [0.29, 0.717) is 17.6 Å². The molecule has 0 radical (unpaired) electrons. The second-order valence-electron chi connectivity index (χ2n) is 11.4. The van der Waals surface area contributed by atoms with Gasteiger partial charge in [-0.05, 0) is 57.6 Å². The van der Waals surface area contributed by atoms with Gasteiger partial charge in [0.1, 0.15) is 0 Å². The minimum absolute atomic E-state index is 0.517. The van der Waals surface area contributed by atoms with Crippen LogP contribution >= 0.6 is 15.9 Å². The van der Waals surface area contributed by atoms with Crippen LogP contribution in [-0.4, -0.2) is 15.0 Å². The first-order valence-electron chi connectivity index (χ1n) is 15.0. The van der Waals surface area contributed by atoms with Crippen LogP contribution in [0.2, 0.25) is 0 Å². The molecule has 1 aliphatic heterocycles. The molecule has 0 atom stereocenters. The number of halogens is 1. The summed E-state index contributed by atoms with van der Waals surface area (Å²) in [7, 11) is 0. The highest BCUT2D eigenvalue weighted by Crippen LogP contribution is 2.63. The van der Waals surface area contributed by atoms with Crippen LogP contribution in [0.1, 0.15) is 22.3 Å². The molecule has 9 rings (SSSR count). The lowest BCUT2D eigenvalue weighted by molar-refractivity contribution is 0.748. The molecular formula is C40H25BrN4. The van der Waals surface area contributed by atoms with Gasteiger partial charge in [0.25, 0.3) is 0 Å². The highest BCUT2D eigenvalue weighted by molar-refractivity contribution is 9.10. The Morgan fingerprint density at radius 3 is 1.53 bits per heavy atom. The normalized spacial score (nSPS) is 13.6. The molecule has 2 aliphatic rings. The number of aromatic nitrogens is 3. The molecule has 0 bridgehead atoms. The van der Waals surface area contributed by atoms with Gasteiger partial charge >= 0.3 is 0 Å². The largest absolute Gasteiger partial charge is 0.278 e. The van der Waals surface area contributed by atoms with Crippen molar-refractivity contribution < 1.29 is 0 Å². The van der Waals surface area contributed by atoms with E-state index in [2.05, 4.69) is 112 Å². The zero-order valence-corrected chi connectivity index (χ0v) is 25.7. The van der Waals surface area contributed by atoms with Crippen molar-refractivity contribution in [1.29, 1.82) is 0 Å². The van der Waals surface area contributed by atoms with Gasteiger partial charge in [-0.3, -0.25) is 4.90 Å². The minimum atomic E-state index is -0.517. The molecule has 0 amide bonds. The maximum atomic E-state index is 5.16. The standard InChI is InChI=1S/C40H25BrN4/c41-28-23-24-30-29-17-7-8-18-31(29)40(34(30)25-28)32-19-9-11-21-35(32)45(36-22-12-10-20-33(36)40)39-43-37(26-13-3-1-4-14-26)42-38(44-39)27-15-5-2-6-16-27/h1-25H. The van der Waals surface area contributed by atoms with Crippen molar-refractivity contribution in [3.05, 3.63) is 178 Å². The van der Waals surface area contributed by atoms with Crippen LogP contribution in [0.5, 0.6) is 0 Å². The Morgan fingerprint density at radius 1 is 0.444 bits per heavy atom. The summed E-state index contributed by atoms with van der Waals surface area (Å²) in [6.07, 6.45) is 0. The topological polar surface area (TPSA) is 41.9 Å². The molecule has 0 fully saturated rings. The molecular weight excluding hydrogens is 616 g/mol. The van der Waals surface area contributed by atoms with Gasteiger partial charge in [-0.15, -0.1) is 0 Å². The number of para-hydroxylation sites is 2. The molecule has 0 unspecified atom stereocenters. The summed E-state index contributed by atoms with van der Waals surface area (Å²) in [6, 6.07) is 53.2. The molecule has 1 aromatic heterocycles. The molecule has 5 heteroatoms. The van der Waals surface area contributed by atoms with Crippen molar-refractivity contribution in [2.45, 2.75) is 5.41 Å². The maximum Gasteiger partial charge on any atom is 0.238 e. The molecule has 0 N–H and O–H groups in total. The first-order chi connectivity index (χ1) is 22.2. The predicted molar refractivity (Wildman–Crippen MR) is 184 cm³/mol. The molecule has 45 heavy (non-hydrogen) atoms. The zero-order chi connectivity index (χ0) is 30.0. The van der Waals surface area contributed by atoms with Gasteiger partial charge in [-0.25, -0.2) is 4.98 Å². The zero-order valence-electron chi connectivity index (χ0n) is 24.1. The van der Waals surface area contributed by atoms with Crippen LogP contribution in [-0.2, 0) is 5.41 Å². The van der Waals surface area contributed by atoms with Gasteiger partial charge in [0, 0.05) is 15.6 Å². The van der Waals surface area contributed by atoms with E-state index in [4.69, 9.17) is 15.0 Å². The van der Waals surface area contributed by atoms with Crippen molar-refractivity contribution in [2.24, 2.45) is 0 Å². The van der Waals surface area contributed by atoms with Crippen molar-refractivity contribution >= 4 is 33.3 Å². The quantitative estimate of drug-likeness (QED) is 0.193. The molecule has 0 saturated carbocycles. The van der Waals surface area contributed by atoms with Crippen LogP contribution in [0.4, 0.5) is 17.3 Å². The predicted octanol–water partition coefficient (Wildman–Crippen LogP) is 10.1. The summed E-state index contributed by atoms with van der Waals surface area (Å²) in [5, 5.41) is 0. The third kappa shape index (κ3) is 3.81. The second kappa shape index (κ2) is 10.1. The average Bonchev–Trinajstić information content (AvgIpc) is 3.39. The van der Waals surface area contributed by atoms with Gasteiger partial charge in [0.2, 0.25) is 5.95 Å². The molecule has 6 aromatic carbocycles. The van der Waals surface area contributed by atoms with Crippen LogP contribution in [0, 0.1) is 0 Å². The lowest BCUT2D eigenvalue weighted by atomic mass is 9.65. The van der Waals surface area contributed by atoms with E-state index in [1.807, 2.05) is 60.7 Å². The van der Waals surface area contributed by atoms with Crippen LogP contribution in [0.25, 0.3) is 33.9 Å². The third-order valence-corrected chi connectivity index (χ3v) is 9.49. The maximum absolute atomic E-state index is 5.16. The van der Waals surface area contributed by atoms with E-state index in [0.717, 1.165) is 27.0 Å². The molecule has 2 heterocycles. The average molecular weight is 642 g/mol. The molecule has 212 valence electrons. The second-order valence-corrected chi connectivity index (χ2v) is 12.3. The molecule has 7 aromatic rings. The van der Waals surface area contributed by atoms with E-state index >= 15 is 0 Å². The first-order valence-corrected chi connectivity index (χ1v) is 15.8. The Labute approximate surface area is 269 Å². The fourth-order valence-corrected chi connectivity index (χ4v) is 7.55. The summed E-state index contributed by atoms with van der Waals surface area (Å²) in [6.45, 7) is 0. The van der Waals surface area contributed by atoms with E-state index in [9.17, 15) is 0 Å². The molecule has 0 saturated heterocycles. The van der Waals surface area contributed by atoms with Gasteiger partial charge in [-0.2, -0.15) is 9.97 Å². The van der Waals surface area contributed by atoms with E-state index in [1.165, 1.54) is 33.4 Å². The van der Waals surface area contributed by atoms with E-state index in [1.54, 1.807) is 0 Å². The summed E-state index contributed by atoms with van der Waals surface area (Å²) < 4.78 is 1.06. The fourth-order valence-electron chi connectivity index (χ4n) is 7.19. The number of fused-ring (bicyclic) bond motifs is 9. The van der Waals surface area contributed by atoms with Gasteiger partial charge in [0.05, 0.1) is 16.8 Å². The van der Waals surface area contributed by atoms with Crippen molar-refractivity contribution in [2.75, 3.05) is 4.90 Å².